The number of hydrogen-bond donors (Lipinski definition) is 2. The molecule has 0 unspecified atom stereocenters. The van der Waals surface area contributed by atoms with Crippen molar-refractivity contribution < 1.29 is 9.47 Å². The first-order chi connectivity index (χ1) is 10.5. The van der Waals surface area contributed by atoms with Gasteiger partial charge in [0.05, 0.1) is 24.4 Å². The Morgan fingerprint density at radius 1 is 1.27 bits per heavy atom. The number of nitrogen functional groups attached to an aromatic ring is 2. The lowest BCUT2D eigenvalue weighted by Crippen LogP contribution is -2.05. The lowest BCUT2D eigenvalue weighted by atomic mass is 10.1. The maximum Gasteiger partial charge on any atom is 0.222 e. The monoisotopic (exact) mass is 319 g/mol. The van der Waals surface area contributed by atoms with Crippen molar-refractivity contribution in [2.24, 2.45) is 0 Å². The Morgan fingerprint density at radius 2 is 2.00 bits per heavy atom. The molecule has 0 saturated heterocycles. The van der Waals surface area contributed by atoms with Crippen LogP contribution in [0, 0.1) is 11.3 Å². The number of nitrogens with two attached hydrogens (primary N) is 2. The van der Waals surface area contributed by atoms with Gasteiger partial charge in [-0.3, -0.25) is 0 Å². The predicted octanol–water partition coefficient (Wildman–Crippen LogP) is 2.24. The van der Waals surface area contributed by atoms with Crippen LogP contribution in [-0.4, -0.2) is 23.7 Å². The van der Waals surface area contributed by atoms with Crippen LogP contribution in [0.15, 0.2) is 12.1 Å². The van der Waals surface area contributed by atoms with Gasteiger partial charge in [0.1, 0.15) is 17.5 Å². The van der Waals surface area contributed by atoms with Gasteiger partial charge in [0.2, 0.25) is 5.95 Å². The predicted molar refractivity (Wildman–Crippen MR) is 83.7 cm³/mol. The molecule has 8 heteroatoms. The van der Waals surface area contributed by atoms with Crippen molar-refractivity contribution >= 4 is 23.4 Å². The molecule has 0 atom stereocenters. The summed E-state index contributed by atoms with van der Waals surface area (Å²) in [6.07, 6.45) is 0. The molecular weight excluding hydrogens is 306 g/mol. The number of aromatic nitrogens is 2. The molecule has 0 aliphatic heterocycles. The molecule has 0 amide bonds. The van der Waals surface area contributed by atoms with Crippen LogP contribution in [0.5, 0.6) is 11.5 Å². The third kappa shape index (κ3) is 2.82. The lowest BCUT2D eigenvalue weighted by molar-refractivity contribution is 0.311. The van der Waals surface area contributed by atoms with Gasteiger partial charge in [-0.15, -0.1) is 0 Å². The summed E-state index contributed by atoms with van der Waals surface area (Å²) in [5, 5.41) is 9.59. The molecule has 0 aliphatic carbocycles. The second-order valence-electron chi connectivity index (χ2n) is 4.22. The van der Waals surface area contributed by atoms with E-state index in [1.807, 2.05) is 13.0 Å². The zero-order valence-corrected chi connectivity index (χ0v) is 12.8. The third-order valence-corrected chi connectivity index (χ3v) is 3.19. The van der Waals surface area contributed by atoms with Gasteiger partial charge in [-0.2, -0.15) is 10.2 Å². The van der Waals surface area contributed by atoms with E-state index in [1.165, 1.54) is 7.11 Å². The highest BCUT2D eigenvalue weighted by atomic mass is 35.5. The van der Waals surface area contributed by atoms with Gasteiger partial charge in [-0.05, 0) is 13.0 Å². The minimum atomic E-state index is -0.0451. The molecule has 0 saturated carbocycles. The van der Waals surface area contributed by atoms with Crippen molar-refractivity contribution in [2.75, 3.05) is 25.2 Å². The van der Waals surface area contributed by atoms with E-state index < -0.39 is 0 Å². The Balaban J connectivity index is 2.73. The Labute approximate surface area is 132 Å². The van der Waals surface area contributed by atoms with E-state index in [2.05, 4.69) is 9.97 Å². The summed E-state index contributed by atoms with van der Waals surface area (Å²) in [6.45, 7) is 2.28. The number of hydrogen-bond acceptors (Lipinski definition) is 7. The molecular formula is C14H14ClN5O2. The number of benzene rings is 1. The normalized spacial score (nSPS) is 10.1. The molecule has 0 radical (unpaired) electrons. The molecule has 2 rings (SSSR count). The Kier molecular flexibility index (Phi) is 4.53. The van der Waals surface area contributed by atoms with Crippen LogP contribution in [0.2, 0.25) is 5.02 Å². The second-order valence-corrected chi connectivity index (χ2v) is 4.63. The number of nitriles is 1. The first-order valence-electron chi connectivity index (χ1n) is 6.35. The van der Waals surface area contributed by atoms with Gasteiger partial charge < -0.3 is 20.9 Å². The summed E-state index contributed by atoms with van der Waals surface area (Å²) >= 11 is 6.26. The van der Waals surface area contributed by atoms with Gasteiger partial charge >= 0.3 is 0 Å². The molecule has 0 fully saturated rings. The van der Waals surface area contributed by atoms with E-state index in [1.54, 1.807) is 12.1 Å². The molecule has 22 heavy (non-hydrogen) atoms. The van der Waals surface area contributed by atoms with E-state index in [0.717, 1.165) is 0 Å². The number of ether oxygens (including phenoxy) is 2. The first kappa shape index (κ1) is 15.7. The smallest absolute Gasteiger partial charge is 0.222 e. The molecule has 114 valence electrons. The van der Waals surface area contributed by atoms with Gasteiger partial charge in [0.15, 0.2) is 11.5 Å². The molecule has 0 bridgehead atoms. The minimum absolute atomic E-state index is 0.00477. The van der Waals surface area contributed by atoms with E-state index in [9.17, 15) is 5.26 Å². The average molecular weight is 320 g/mol. The average Bonchev–Trinajstić information content (AvgIpc) is 2.48. The summed E-state index contributed by atoms with van der Waals surface area (Å²) in [4.78, 5) is 7.85. The summed E-state index contributed by atoms with van der Waals surface area (Å²) in [5.41, 5.74) is 12.1. The van der Waals surface area contributed by atoms with Crippen molar-refractivity contribution in [3.8, 4) is 28.8 Å². The van der Waals surface area contributed by atoms with E-state index in [-0.39, 0.29) is 23.0 Å². The van der Waals surface area contributed by atoms with Crippen LogP contribution < -0.4 is 20.9 Å². The first-order valence-corrected chi connectivity index (χ1v) is 6.73. The van der Waals surface area contributed by atoms with E-state index in [4.69, 9.17) is 32.5 Å². The third-order valence-electron chi connectivity index (χ3n) is 2.87. The van der Waals surface area contributed by atoms with Gasteiger partial charge in [-0.25, -0.2) is 4.98 Å². The van der Waals surface area contributed by atoms with Crippen LogP contribution >= 0.6 is 11.6 Å². The fourth-order valence-electron chi connectivity index (χ4n) is 1.95. The zero-order valence-electron chi connectivity index (χ0n) is 12.1. The van der Waals surface area contributed by atoms with Crippen LogP contribution in [-0.2, 0) is 0 Å². The molecule has 0 spiro atoms. The topological polar surface area (TPSA) is 120 Å². The van der Waals surface area contributed by atoms with Crippen molar-refractivity contribution in [3.63, 3.8) is 0 Å². The Hall–Kier alpha value is -2.72. The van der Waals surface area contributed by atoms with Crippen molar-refractivity contribution in [3.05, 3.63) is 22.7 Å². The molecule has 1 heterocycles. The second kappa shape index (κ2) is 6.37. The molecule has 1 aromatic carbocycles. The number of halogens is 1. The van der Waals surface area contributed by atoms with Crippen molar-refractivity contribution in [2.45, 2.75) is 6.92 Å². The molecule has 4 N–H and O–H groups in total. The van der Waals surface area contributed by atoms with Crippen LogP contribution in [0.3, 0.4) is 0 Å². The minimum Gasteiger partial charge on any atom is -0.493 e. The van der Waals surface area contributed by atoms with E-state index in [0.29, 0.717) is 28.7 Å². The number of rotatable bonds is 4. The summed E-state index contributed by atoms with van der Waals surface area (Å²) in [5.74, 6) is 0.902. The number of methoxy groups -OCH3 is 1. The SMILES string of the molecule is CCOc1cc(-c2nc(N)nc(N)c2C#N)c(Cl)cc1OC. The Morgan fingerprint density at radius 3 is 2.59 bits per heavy atom. The summed E-state index contributed by atoms with van der Waals surface area (Å²) < 4.78 is 10.7. The Bertz CT molecular complexity index is 758. The standard InChI is InChI=1S/C14H14ClN5O2/c1-3-22-11-4-7(9(15)5-10(11)21-2)12-8(6-16)13(17)20-14(18)19-12/h4-5H,3H2,1-2H3,(H4,17,18,19,20). The highest BCUT2D eigenvalue weighted by Crippen LogP contribution is 2.39. The van der Waals surface area contributed by atoms with Crippen molar-refractivity contribution in [1.29, 1.82) is 5.26 Å². The quantitative estimate of drug-likeness (QED) is 0.886. The van der Waals surface area contributed by atoms with Crippen LogP contribution in [0.4, 0.5) is 11.8 Å². The van der Waals surface area contributed by atoms with E-state index >= 15 is 0 Å². The highest BCUT2D eigenvalue weighted by molar-refractivity contribution is 6.33. The summed E-state index contributed by atoms with van der Waals surface area (Å²) in [7, 11) is 1.51. The number of nitrogens with zero attached hydrogens (tertiary/aromatic N) is 3. The molecule has 0 aliphatic rings. The summed E-state index contributed by atoms with van der Waals surface area (Å²) in [6, 6.07) is 5.17. The highest BCUT2D eigenvalue weighted by Gasteiger charge is 2.19. The van der Waals surface area contributed by atoms with Gasteiger partial charge in [0, 0.05) is 11.6 Å². The van der Waals surface area contributed by atoms with Crippen LogP contribution in [0.25, 0.3) is 11.3 Å². The van der Waals surface area contributed by atoms with Gasteiger partial charge in [-0.1, -0.05) is 11.6 Å². The number of anilines is 2. The van der Waals surface area contributed by atoms with Crippen molar-refractivity contribution in [1.82, 2.24) is 9.97 Å². The molecule has 7 nitrogen and oxygen atoms in total. The van der Waals surface area contributed by atoms with Crippen LogP contribution in [0.1, 0.15) is 12.5 Å². The zero-order chi connectivity index (χ0) is 16.3. The maximum atomic E-state index is 9.27. The fraction of sp³-hybridized carbons (Fsp3) is 0.214. The fourth-order valence-corrected chi connectivity index (χ4v) is 2.19. The molecule has 2 aromatic rings. The molecule has 1 aromatic heterocycles. The maximum absolute atomic E-state index is 9.27. The lowest BCUT2D eigenvalue weighted by Gasteiger charge is -2.14. The van der Waals surface area contributed by atoms with Gasteiger partial charge in [0.25, 0.3) is 0 Å². The largest absolute Gasteiger partial charge is 0.493 e.